The average Bonchev–Trinajstić information content (AvgIpc) is 3.19. The van der Waals surface area contributed by atoms with Crippen molar-refractivity contribution < 1.29 is 9.13 Å². The summed E-state index contributed by atoms with van der Waals surface area (Å²) in [6.45, 7) is 6.12. The van der Waals surface area contributed by atoms with Crippen molar-refractivity contribution in [3.8, 4) is 5.75 Å². The minimum Gasteiger partial charge on any atom is -0.495 e. The summed E-state index contributed by atoms with van der Waals surface area (Å²) in [7, 11) is 1.71. The molecular weight excluding hydrogens is 355 g/mol. The molecule has 0 spiro atoms. The van der Waals surface area contributed by atoms with Crippen molar-refractivity contribution in [2.24, 2.45) is 10.9 Å². The Hall–Kier alpha value is -2.76. The minimum atomic E-state index is -0.229. The molecule has 2 aromatic rings. The van der Waals surface area contributed by atoms with Crippen LogP contribution in [0.15, 0.2) is 53.5 Å². The van der Waals surface area contributed by atoms with Crippen molar-refractivity contribution in [1.29, 1.82) is 0 Å². The van der Waals surface area contributed by atoms with Gasteiger partial charge in [-0.25, -0.2) is 9.38 Å². The molecule has 5 nitrogen and oxygen atoms in total. The van der Waals surface area contributed by atoms with E-state index in [0.29, 0.717) is 12.5 Å². The minimum absolute atomic E-state index is 0.229. The fourth-order valence-electron chi connectivity index (χ4n) is 3.50. The fraction of sp³-hybridized carbons (Fsp3) is 0.409. The van der Waals surface area contributed by atoms with Crippen molar-refractivity contribution in [3.05, 3.63) is 59.9 Å². The van der Waals surface area contributed by atoms with E-state index in [1.54, 1.807) is 13.2 Å². The lowest BCUT2D eigenvalue weighted by Crippen LogP contribution is -2.40. The van der Waals surface area contributed by atoms with E-state index in [4.69, 9.17) is 4.74 Å². The van der Waals surface area contributed by atoms with Crippen molar-refractivity contribution in [1.82, 2.24) is 10.6 Å². The third-order valence-electron chi connectivity index (χ3n) is 4.92. The van der Waals surface area contributed by atoms with E-state index in [-0.39, 0.29) is 5.82 Å². The molecule has 2 aromatic carbocycles. The molecule has 28 heavy (non-hydrogen) atoms. The van der Waals surface area contributed by atoms with Crippen molar-refractivity contribution in [3.63, 3.8) is 0 Å². The van der Waals surface area contributed by atoms with Gasteiger partial charge in [0.1, 0.15) is 11.6 Å². The maximum atomic E-state index is 13.3. The van der Waals surface area contributed by atoms with Crippen molar-refractivity contribution in [2.75, 3.05) is 38.2 Å². The zero-order valence-electron chi connectivity index (χ0n) is 16.6. The molecule has 3 rings (SSSR count). The number of aliphatic imine (C=N–C) groups is 1. The number of anilines is 1. The second-order valence-corrected chi connectivity index (χ2v) is 6.98. The van der Waals surface area contributed by atoms with Crippen LogP contribution in [-0.2, 0) is 6.54 Å². The summed E-state index contributed by atoms with van der Waals surface area (Å²) in [5, 5.41) is 6.70. The molecule has 1 unspecified atom stereocenters. The zero-order valence-corrected chi connectivity index (χ0v) is 16.6. The number of nitrogens with zero attached hydrogens (tertiary/aromatic N) is 2. The number of hydrogen-bond donors (Lipinski definition) is 2. The second-order valence-electron chi connectivity index (χ2n) is 6.98. The predicted octanol–water partition coefficient (Wildman–Crippen LogP) is 3.42. The number of halogens is 1. The summed E-state index contributed by atoms with van der Waals surface area (Å²) in [5.74, 6) is 1.99. The van der Waals surface area contributed by atoms with Crippen LogP contribution in [0.2, 0.25) is 0 Å². The Morgan fingerprint density at radius 2 is 2.07 bits per heavy atom. The van der Waals surface area contributed by atoms with E-state index in [0.717, 1.165) is 55.6 Å². The summed E-state index contributed by atoms with van der Waals surface area (Å²) in [6, 6.07) is 14.7. The van der Waals surface area contributed by atoms with E-state index in [1.165, 1.54) is 12.1 Å². The van der Waals surface area contributed by atoms with Crippen LogP contribution in [0.1, 0.15) is 18.9 Å². The maximum absolute atomic E-state index is 13.3. The molecule has 0 aliphatic carbocycles. The van der Waals surface area contributed by atoms with Crippen LogP contribution in [0.4, 0.5) is 10.1 Å². The topological polar surface area (TPSA) is 48.9 Å². The van der Waals surface area contributed by atoms with Crippen LogP contribution in [0.25, 0.3) is 0 Å². The molecule has 1 atom stereocenters. The summed E-state index contributed by atoms with van der Waals surface area (Å²) >= 11 is 0. The zero-order chi connectivity index (χ0) is 19.8. The molecule has 0 bridgehead atoms. The Morgan fingerprint density at radius 3 is 2.86 bits per heavy atom. The lowest BCUT2D eigenvalue weighted by molar-refractivity contribution is 0.414. The lowest BCUT2D eigenvalue weighted by Gasteiger charge is -2.21. The van der Waals surface area contributed by atoms with Gasteiger partial charge in [0.2, 0.25) is 0 Å². The van der Waals surface area contributed by atoms with E-state index in [1.807, 2.05) is 31.2 Å². The van der Waals surface area contributed by atoms with E-state index < -0.39 is 0 Å². The number of hydrogen-bond acceptors (Lipinski definition) is 3. The van der Waals surface area contributed by atoms with Crippen LogP contribution in [0.3, 0.4) is 0 Å². The molecule has 150 valence electrons. The summed E-state index contributed by atoms with van der Waals surface area (Å²) in [5.41, 5.74) is 2.01. The first-order chi connectivity index (χ1) is 13.7. The van der Waals surface area contributed by atoms with Gasteiger partial charge in [-0.3, -0.25) is 0 Å². The van der Waals surface area contributed by atoms with Gasteiger partial charge in [0.15, 0.2) is 5.96 Å². The number of guanidine groups is 1. The molecule has 2 N–H and O–H groups in total. The Kier molecular flexibility index (Phi) is 7.12. The van der Waals surface area contributed by atoms with Crippen LogP contribution < -0.4 is 20.3 Å². The number of benzene rings is 2. The third kappa shape index (κ3) is 5.38. The van der Waals surface area contributed by atoms with Gasteiger partial charge in [0, 0.05) is 26.2 Å². The molecule has 0 aromatic heterocycles. The molecule has 0 amide bonds. The van der Waals surface area contributed by atoms with E-state index in [2.05, 4.69) is 26.6 Å². The van der Waals surface area contributed by atoms with E-state index >= 15 is 0 Å². The number of rotatable bonds is 7. The molecule has 1 aliphatic heterocycles. The monoisotopic (exact) mass is 384 g/mol. The first-order valence-corrected chi connectivity index (χ1v) is 9.84. The lowest BCUT2D eigenvalue weighted by atomic mass is 10.1. The van der Waals surface area contributed by atoms with Crippen molar-refractivity contribution >= 4 is 11.6 Å². The largest absolute Gasteiger partial charge is 0.495 e. The molecule has 0 radical (unpaired) electrons. The highest BCUT2D eigenvalue weighted by molar-refractivity contribution is 5.79. The SMILES string of the molecule is CCNC(=NCc1cccc(F)c1)NCC1CCN(c2ccccc2OC)C1. The highest BCUT2D eigenvalue weighted by Gasteiger charge is 2.24. The second kappa shape index (κ2) is 9.97. The maximum Gasteiger partial charge on any atom is 0.191 e. The number of nitrogens with one attached hydrogen (secondary N) is 2. The number of methoxy groups -OCH3 is 1. The first-order valence-electron chi connectivity index (χ1n) is 9.84. The van der Waals surface area contributed by atoms with Gasteiger partial charge in [0.05, 0.1) is 19.3 Å². The van der Waals surface area contributed by atoms with Gasteiger partial charge < -0.3 is 20.3 Å². The van der Waals surface area contributed by atoms with Gasteiger partial charge >= 0.3 is 0 Å². The predicted molar refractivity (Wildman–Crippen MR) is 113 cm³/mol. The summed E-state index contributed by atoms with van der Waals surface area (Å²) < 4.78 is 18.8. The van der Waals surface area contributed by atoms with Crippen LogP contribution in [-0.4, -0.2) is 39.2 Å². The molecule has 1 fully saturated rings. The fourth-order valence-corrected chi connectivity index (χ4v) is 3.50. The van der Waals surface area contributed by atoms with E-state index in [9.17, 15) is 4.39 Å². The van der Waals surface area contributed by atoms with Gasteiger partial charge in [0.25, 0.3) is 0 Å². The molecule has 1 aliphatic rings. The van der Waals surface area contributed by atoms with Gasteiger partial charge in [-0.15, -0.1) is 0 Å². The Bertz CT molecular complexity index is 796. The molecule has 0 saturated carbocycles. The summed E-state index contributed by atoms with van der Waals surface area (Å²) in [6.07, 6.45) is 1.12. The average molecular weight is 384 g/mol. The van der Waals surface area contributed by atoms with Gasteiger partial charge in [-0.2, -0.15) is 0 Å². The standard InChI is InChI=1S/C22H29FN4O/c1-3-24-22(25-14-17-7-6-8-19(23)13-17)26-15-18-11-12-27(16-18)20-9-4-5-10-21(20)28-2/h4-10,13,18H,3,11-12,14-16H2,1-2H3,(H2,24,25,26). The molecular formula is C22H29FN4O. The Labute approximate surface area is 166 Å². The normalized spacial score (nSPS) is 16.9. The molecule has 1 saturated heterocycles. The van der Waals surface area contributed by atoms with Crippen LogP contribution in [0.5, 0.6) is 5.75 Å². The highest BCUT2D eigenvalue weighted by atomic mass is 19.1. The van der Waals surface area contributed by atoms with Gasteiger partial charge in [-0.05, 0) is 49.1 Å². The first kappa shape index (κ1) is 20.0. The third-order valence-corrected chi connectivity index (χ3v) is 4.92. The van der Waals surface area contributed by atoms with Gasteiger partial charge in [-0.1, -0.05) is 24.3 Å². The van der Waals surface area contributed by atoms with Crippen LogP contribution >= 0.6 is 0 Å². The Balaban J connectivity index is 1.55. The molecule has 1 heterocycles. The quantitative estimate of drug-likeness (QED) is 0.567. The van der Waals surface area contributed by atoms with Crippen LogP contribution in [0, 0.1) is 11.7 Å². The Morgan fingerprint density at radius 1 is 1.21 bits per heavy atom. The molecule has 6 heteroatoms. The van der Waals surface area contributed by atoms with Crippen molar-refractivity contribution in [2.45, 2.75) is 19.9 Å². The number of para-hydroxylation sites is 2. The number of ether oxygens (including phenoxy) is 1. The summed E-state index contributed by atoms with van der Waals surface area (Å²) in [4.78, 5) is 6.96. The highest BCUT2D eigenvalue weighted by Crippen LogP contribution is 2.31. The smallest absolute Gasteiger partial charge is 0.191 e.